The van der Waals surface area contributed by atoms with Crippen LogP contribution in [0.1, 0.15) is 18.4 Å². The third kappa shape index (κ3) is 4.03. The number of amides is 1. The van der Waals surface area contributed by atoms with Crippen LogP contribution in [-0.4, -0.2) is 37.5 Å². The average molecular weight is 264 g/mol. The van der Waals surface area contributed by atoms with Crippen molar-refractivity contribution in [3.63, 3.8) is 0 Å². The monoisotopic (exact) mass is 264 g/mol. The molecular formula is C15H21FN2O. The molecular weight excluding hydrogens is 243 g/mol. The highest BCUT2D eigenvalue weighted by atomic mass is 19.1. The van der Waals surface area contributed by atoms with Crippen molar-refractivity contribution in [2.24, 2.45) is 5.92 Å². The number of piperidine rings is 1. The highest BCUT2D eigenvalue weighted by Crippen LogP contribution is 2.14. The molecule has 2 rings (SSSR count). The van der Waals surface area contributed by atoms with E-state index in [0.717, 1.165) is 32.5 Å². The number of likely N-dealkylation sites (N-methyl/N-ethyl adjacent to an activating group) is 1. The van der Waals surface area contributed by atoms with Gasteiger partial charge in [0.2, 0.25) is 5.91 Å². The van der Waals surface area contributed by atoms with Crippen LogP contribution in [0.15, 0.2) is 24.3 Å². The van der Waals surface area contributed by atoms with E-state index in [1.165, 1.54) is 6.07 Å². The number of carbonyl (C=O) groups is 1. The van der Waals surface area contributed by atoms with E-state index < -0.39 is 0 Å². The van der Waals surface area contributed by atoms with E-state index in [0.29, 0.717) is 11.5 Å². The summed E-state index contributed by atoms with van der Waals surface area (Å²) in [6.45, 7) is 2.83. The predicted molar refractivity (Wildman–Crippen MR) is 73.3 cm³/mol. The van der Waals surface area contributed by atoms with Crippen molar-refractivity contribution in [2.45, 2.75) is 19.3 Å². The van der Waals surface area contributed by atoms with Gasteiger partial charge < -0.3 is 10.2 Å². The molecule has 104 valence electrons. The van der Waals surface area contributed by atoms with Crippen LogP contribution in [0.4, 0.5) is 4.39 Å². The second kappa shape index (κ2) is 6.66. The molecule has 1 fully saturated rings. The number of benzene rings is 1. The molecule has 0 unspecified atom stereocenters. The van der Waals surface area contributed by atoms with Crippen molar-refractivity contribution in [2.75, 3.05) is 26.7 Å². The molecule has 1 saturated heterocycles. The number of hydrogen-bond donors (Lipinski definition) is 1. The fourth-order valence-electron chi connectivity index (χ4n) is 2.49. The van der Waals surface area contributed by atoms with Crippen LogP contribution >= 0.6 is 0 Å². The van der Waals surface area contributed by atoms with Crippen LogP contribution in [0.25, 0.3) is 0 Å². The molecule has 1 N–H and O–H groups in total. The quantitative estimate of drug-likeness (QED) is 0.900. The van der Waals surface area contributed by atoms with E-state index in [-0.39, 0.29) is 18.1 Å². The Labute approximate surface area is 113 Å². The number of nitrogens with zero attached hydrogens (tertiary/aromatic N) is 1. The molecule has 0 saturated carbocycles. The zero-order valence-electron chi connectivity index (χ0n) is 11.4. The summed E-state index contributed by atoms with van der Waals surface area (Å²) < 4.78 is 13.5. The average Bonchev–Trinajstić information content (AvgIpc) is 2.42. The molecule has 1 aromatic carbocycles. The van der Waals surface area contributed by atoms with Gasteiger partial charge in [0, 0.05) is 13.6 Å². The van der Waals surface area contributed by atoms with E-state index >= 15 is 0 Å². The summed E-state index contributed by atoms with van der Waals surface area (Å²) >= 11 is 0. The van der Waals surface area contributed by atoms with Crippen molar-refractivity contribution >= 4 is 5.91 Å². The molecule has 0 radical (unpaired) electrons. The van der Waals surface area contributed by atoms with Gasteiger partial charge in [0.1, 0.15) is 5.82 Å². The van der Waals surface area contributed by atoms with Crippen LogP contribution < -0.4 is 5.32 Å². The van der Waals surface area contributed by atoms with Crippen molar-refractivity contribution in [3.8, 4) is 0 Å². The van der Waals surface area contributed by atoms with Crippen molar-refractivity contribution in [1.29, 1.82) is 0 Å². The van der Waals surface area contributed by atoms with Crippen LogP contribution in [0, 0.1) is 11.7 Å². The molecule has 0 bridgehead atoms. The summed E-state index contributed by atoms with van der Waals surface area (Å²) in [5, 5.41) is 3.31. The first kappa shape index (κ1) is 14.0. The largest absolute Gasteiger partial charge is 0.345 e. The zero-order chi connectivity index (χ0) is 13.7. The maximum atomic E-state index is 13.5. The first-order valence-electron chi connectivity index (χ1n) is 6.85. The lowest BCUT2D eigenvalue weighted by Crippen LogP contribution is -2.37. The Morgan fingerprint density at radius 2 is 2.05 bits per heavy atom. The van der Waals surface area contributed by atoms with E-state index in [1.54, 1.807) is 23.1 Å². The summed E-state index contributed by atoms with van der Waals surface area (Å²) in [5.74, 6) is 0.255. The molecule has 1 aliphatic rings. The van der Waals surface area contributed by atoms with Gasteiger partial charge in [-0.05, 0) is 43.5 Å². The molecule has 0 spiro atoms. The highest BCUT2D eigenvalue weighted by molar-refractivity contribution is 5.78. The second-order valence-electron chi connectivity index (χ2n) is 5.24. The number of hydrogen-bond acceptors (Lipinski definition) is 2. The first-order chi connectivity index (χ1) is 9.16. The molecule has 4 heteroatoms. The van der Waals surface area contributed by atoms with Gasteiger partial charge >= 0.3 is 0 Å². The minimum atomic E-state index is -0.300. The van der Waals surface area contributed by atoms with Gasteiger partial charge in [-0.3, -0.25) is 4.79 Å². The summed E-state index contributed by atoms with van der Waals surface area (Å²) in [7, 11) is 1.81. The van der Waals surface area contributed by atoms with Crippen LogP contribution in [0.5, 0.6) is 0 Å². The Bertz CT molecular complexity index is 430. The number of halogens is 1. The van der Waals surface area contributed by atoms with Gasteiger partial charge in [-0.25, -0.2) is 4.39 Å². The van der Waals surface area contributed by atoms with Crippen molar-refractivity contribution in [1.82, 2.24) is 10.2 Å². The van der Waals surface area contributed by atoms with Gasteiger partial charge in [-0.1, -0.05) is 18.2 Å². The topological polar surface area (TPSA) is 32.3 Å². The molecule has 0 aliphatic carbocycles. The molecule has 1 aromatic rings. The van der Waals surface area contributed by atoms with Crippen LogP contribution in [0.2, 0.25) is 0 Å². The maximum Gasteiger partial charge on any atom is 0.226 e. The summed E-state index contributed by atoms with van der Waals surface area (Å²) in [6.07, 6.45) is 2.36. The van der Waals surface area contributed by atoms with Crippen molar-refractivity contribution in [3.05, 3.63) is 35.6 Å². The van der Waals surface area contributed by atoms with Gasteiger partial charge in [-0.2, -0.15) is 0 Å². The zero-order valence-corrected chi connectivity index (χ0v) is 11.4. The molecule has 19 heavy (non-hydrogen) atoms. The molecule has 1 aliphatic heterocycles. The standard InChI is InChI=1S/C15H21FN2O/c1-18(11-12-6-8-17-9-7-12)15(19)10-13-4-2-3-5-14(13)16/h2-5,12,17H,6-11H2,1H3. The lowest BCUT2D eigenvalue weighted by atomic mass is 9.97. The van der Waals surface area contributed by atoms with E-state index in [2.05, 4.69) is 5.32 Å². The smallest absolute Gasteiger partial charge is 0.226 e. The molecule has 1 amide bonds. The third-order valence-corrected chi connectivity index (χ3v) is 3.72. The Balaban J connectivity index is 1.87. The van der Waals surface area contributed by atoms with E-state index in [4.69, 9.17) is 0 Å². The number of nitrogens with one attached hydrogen (secondary N) is 1. The maximum absolute atomic E-state index is 13.5. The SMILES string of the molecule is CN(CC1CCNCC1)C(=O)Cc1ccccc1F. The van der Waals surface area contributed by atoms with Gasteiger partial charge in [0.25, 0.3) is 0 Å². The minimum absolute atomic E-state index is 0.0105. The normalized spacial score (nSPS) is 16.3. The Morgan fingerprint density at radius 3 is 2.74 bits per heavy atom. The highest BCUT2D eigenvalue weighted by Gasteiger charge is 2.18. The summed E-state index contributed by atoms with van der Waals surface area (Å²) in [4.78, 5) is 13.8. The fourth-order valence-corrected chi connectivity index (χ4v) is 2.49. The lowest BCUT2D eigenvalue weighted by Gasteiger charge is -2.27. The van der Waals surface area contributed by atoms with Crippen LogP contribution in [-0.2, 0) is 11.2 Å². The Morgan fingerprint density at radius 1 is 1.37 bits per heavy atom. The minimum Gasteiger partial charge on any atom is -0.345 e. The van der Waals surface area contributed by atoms with Gasteiger partial charge in [0.05, 0.1) is 6.42 Å². The first-order valence-corrected chi connectivity index (χ1v) is 6.85. The Hall–Kier alpha value is -1.42. The lowest BCUT2D eigenvalue weighted by molar-refractivity contribution is -0.129. The number of rotatable bonds is 4. The van der Waals surface area contributed by atoms with Gasteiger partial charge in [0.15, 0.2) is 0 Å². The van der Waals surface area contributed by atoms with Gasteiger partial charge in [-0.15, -0.1) is 0 Å². The second-order valence-corrected chi connectivity index (χ2v) is 5.24. The van der Waals surface area contributed by atoms with E-state index in [9.17, 15) is 9.18 Å². The predicted octanol–water partition coefficient (Wildman–Crippen LogP) is 1.83. The molecule has 1 heterocycles. The summed E-state index contributed by atoms with van der Waals surface area (Å²) in [6, 6.07) is 6.47. The third-order valence-electron chi connectivity index (χ3n) is 3.72. The molecule has 0 aromatic heterocycles. The Kier molecular flexibility index (Phi) is 4.91. The van der Waals surface area contributed by atoms with Crippen LogP contribution in [0.3, 0.4) is 0 Å². The van der Waals surface area contributed by atoms with E-state index in [1.807, 2.05) is 7.05 Å². The molecule has 3 nitrogen and oxygen atoms in total. The van der Waals surface area contributed by atoms with Crippen molar-refractivity contribution < 1.29 is 9.18 Å². The number of carbonyl (C=O) groups excluding carboxylic acids is 1. The summed E-state index contributed by atoms with van der Waals surface area (Å²) in [5.41, 5.74) is 0.477. The molecule has 0 atom stereocenters. The fraction of sp³-hybridized carbons (Fsp3) is 0.533.